The highest BCUT2D eigenvalue weighted by Crippen LogP contribution is 2.25. The smallest absolute Gasteiger partial charge is 0.0589 e. The van der Waals surface area contributed by atoms with E-state index in [1.807, 2.05) is 0 Å². The second-order valence-electron chi connectivity index (χ2n) is 3.61. The van der Waals surface area contributed by atoms with Gasteiger partial charge in [-0.3, -0.25) is 4.90 Å². The lowest BCUT2D eigenvalue weighted by Gasteiger charge is -2.21. The van der Waals surface area contributed by atoms with Crippen molar-refractivity contribution >= 4 is 0 Å². The van der Waals surface area contributed by atoms with Crippen molar-refractivity contribution in [2.45, 2.75) is 25.8 Å². The van der Waals surface area contributed by atoms with Crippen molar-refractivity contribution in [1.29, 1.82) is 0 Å². The van der Waals surface area contributed by atoms with E-state index in [0.717, 1.165) is 32.3 Å². The molecule has 1 N–H and O–H groups in total. The van der Waals surface area contributed by atoms with Crippen LogP contribution in [0.5, 0.6) is 0 Å². The average Bonchev–Trinajstić information content (AvgIpc) is 2.94. The molecule has 0 radical (unpaired) electrons. The summed E-state index contributed by atoms with van der Waals surface area (Å²) in [5.41, 5.74) is 0. The summed E-state index contributed by atoms with van der Waals surface area (Å²) in [6.07, 6.45) is 2.77. The number of hydrogen-bond acceptors (Lipinski definition) is 3. The molecule has 0 unspecified atom stereocenters. The predicted octanol–water partition coefficient (Wildman–Crippen LogP) is 0.707. The van der Waals surface area contributed by atoms with Gasteiger partial charge in [-0.25, -0.2) is 0 Å². The van der Waals surface area contributed by atoms with Gasteiger partial charge in [0.25, 0.3) is 0 Å². The van der Waals surface area contributed by atoms with Gasteiger partial charge in [0.2, 0.25) is 0 Å². The van der Waals surface area contributed by atoms with Gasteiger partial charge in [-0.1, -0.05) is 6.92 Å². The highest BCUT2D eigenvalue weighted by molar-refractivity contribution is 4.84. The quantitative estimate of drug-likeness (QED) is 0.565. The van der Waals surface area contributed by atoms with Gasteiger partial charge in [0.05, 0.1) is 6.61 Å². The van der Waals surface area contributed by atoms with E-state index in [2.05, 4.69) is 17.1 Å². The zero-order valence-corrected chi connectivity index (χ0v) is 8.88. The van der Waals surface area contributed by atoms with Crippen LogP contribution in [0.15, 0.2) is 0 Å². The first-order valence-corrected chi connectivity index (χ1v) is 5.32. The Kier molecular flexibility index (Phi) is 5.35. The largest absolute Gasteiger partial charge is 0.383 e. The van der Waals surface area contributed by atoms with Gasteiger partial charge >= 0.3 is 0 Å². The molecule has 0 heterocycles. The normalized spacial score (nSPS) is 16.8. The molecule has 0 aromatic heterocycles. The van der Waals surface area contributed by atoms with Crippen molar-refractivity contribution in [3.63, 3.8) is 0 Å². The summed E-state index contributed by atoms with van der Waals surface area (Å²) in [7, 11) is 1.77. The highest BCUT2D eigenvalue weighted by atomic mass is 16.5. The predicted molar refractivity (Wildman–Crippen MR) is 55.0 cm³/mol. The molecule has 0 spiro atoms. The van der Waals surface area contributed by atoms with Gasteiger partial charge in [0.15, 0.2) is 0 Å². The Morgan fingerprint density at radius 2 is 2.15 bits per heavy atom. The van der Waals surface area contributed by atoms with Crippen LogP contribution in [0.3, 0.4) is 0 Å². The summed E-state index contributed by atoms with van der Waals surface area (Å²) in [6, 6.07) is 0.855. The van der Waals surface area contributed by atoms with Crippen molar-refractivity contribution in [2.24, 2.45) is 0 Å². The second-order valence-corrected chi connectivity index (χ2v) is 3.61. The van der Waals surface area contributed by atoms with Crippen molar-refractivity contribution in [3.8, 4) is 0 Å². The van der Waals surface area contributed by atoms with E-state index in [0.29, 0.717) is 0 Å². The molecule has 0 amide bonds. The molecule has 0 bridgehead atoms. The van der Waals surface area contributed by atoms with Gasteiger partial charge in [-0.05, 0) is 19.4 Å². The number of rotatable bonds is 8. The molecule has 1 aliphatic carbocycles. The molecular weight excluding hydrogens is 164 g/mol. The summed E-state index contributed by atoms with van der Waals surface area (Å²) in [6.45, 7) is 7.45. The third-order valence-corrected chi connectivity index (χ3v) is 2.47. The van der Waals surface area contributed by atoms with Crippen LogP contribution in [-0.2, 0) is 4.74 Å². The fourth-order valence-corrected chi connectivity index (χ4v) is 1.52. The van der Waals surface area contributed by atoms with E-state index >= 15 is 0 Å². The molecule has 78 valence electrons. The van der Waals surface area contributed by atoms with Crippen LogP contribution in [0.2, 0.25) is 0 Å². The number of likely N-dealkylation sites (N-methyl/N-ethyl adjacent to an activating group) is 1. The average molecular weight is 186 g/mol. The molecule has 0 aromatic rings. The standard InChI is InChI=1S/C10H22N2O/c1-3-11-6-7-12(8-9-13-2)10-4-5-10/h10-11H,3-9H2,1-2H3. The van der Waals surface area contributed by atoms with Gasteiger partial charge in [-0.15, -0.1) is 0 Å². The summed E-state index contributed by atoms with van der Waals surface area (Å²) < 4.78 is 5.09. The Labute approximate surface area is 81.4 Å². The minimum absolute atomic E-state index is 0.855. The fourth-order valence-electron chi connectivity index (χ4n) is 1.52. The zero-order chi connectivity index (χ0) is 9.52. The second kappa shape index (κ2) is 6.35. The molecule has 13 heavy (non-hydrogen) atoms. The number of ether oxygens (including phenoxy) is 1. The van der Waals surface area contributed by atoms with E-state index in [-0.39, 0.29) is 0 Å². The van der Waals surface area contributed by atoms with Crippen LogP contribution in [0.25, 0.3) is 0 Å². The summed E-state index contributed by atoms with van der Waals surface area (Å²) in [4.78, 5) is 2.53. The van der Waals surface area contributed by atoms with E-state index < -0.39 is 0 Å². The third kappa shape index (κ3) is 4.60. The molecule has 1 saturated carbocycles. The van der Waals surface area contributed by atoms with Crippen LogP contribution >= 0.6 is 0 Å². The van der Waals surface area contributed by atoms with E-state index in [1.165, 1.54) is 19.4 Å². The lowest BCUT2D eigenvalue weighted by Crippen LogP contribution is -2.35. The van der Waals surface area contributed by atoms with Crippen LogP contribution < -0.4 is 5.32 Å². The van der Waals surface area contributed by atoms with Crippen LogP contribution in [0, 0.1) is 0 Å². The van der Waals surface area contributed by atoms with E-state index in [4.69, 9.17) is 4.74 Å². The monoisotopic (exact) mass is 186 g/mol. The van der Waals surface area contributed by atoms with Gasteiger partial charge in [-0.2, -0.15) is 0 Å². The van der Waals surface area contributed by atoms with Gasteiger partial charge in [0, 0.05) is 32.8 Å². The Morgan fingerprint density at radius 3 is 2.69 bits per heavy atom. The number of nitrogens with zero attached hydrogens (tertiary/aromatic N) is 1. The molecule has 1 fully saturated rings. The van der Waals surface area contributed by atoms with E-state index in [9.17, 15) is 0 Å². The molecule has 0 aromatic carbocycles. The third-order valence-electron chi connectivity index (χ3n) is 2.47. The van der Waals surface area contributed by atoms with Crippen LogP contribution in [0.4, 0.5) is 0 Å². The number of nitrogens with one attached hydrogen (secondary N) is 1. The molecule has 0 atom stereocenters. The van der Waals surface area contributed by atoms with Crippen molar-refractivity contribution < 1.29 is 4.74 Å². The Bertz CT molecular complexity index is 126. The summed E-state index contributed by atoms with van der Waals surface area (Å²) in [5, 5.41) is 3.36. The molecule has 3 heteroatoms. The first kappa shape index (κ1) is 11.0. The zero-order valence-electron chi connectivity index (χ0n) is 8.88. The molecule has 0 saturated heterocycles. The fraction of sp³-hybridized carbons (Fsp3) is 1.00. The summed E-state index contributed by atoms with van der Waals surface area (Å²) >= 11 is 0. The minimum atomic E-state index is 0.855. The maximum atomic E-state index is 5.09. The molecule has 3 nitrogen and oxygen atoms in total. The SMILES string of the molecule is CCNCCN(CCOC)C1CC1. The van der Waals surface area contributed by atoms with Crippen molar-refractivity contribution in [1.82, 2.24) is 10.2 Å². The highest BCUT2D eigenvalue weighted by Gasteiger charge is 2.27. The van der Waals surface area contributed by atoms with Crippen molar-refractivity contribution in [2.75, 3.05) is 39.9 Å². The first-order valence-electron chi connectivity index (χ1n) is 5.32. The first-order chi connectivity index (χ1) is 6.38. The van der Waals surface area contributed by atoms with Crippen LogP contribution in [0.1, 0.15) is 19.8 Å². The maximum Gasteiger partial charge on any atom is 0.0589 e. The number of methoxy groups -OCH3 is 1. The van der Waals surface area contributed by atoms with Gasteiger partial charge in [0.1, 0.15) is 0 Å². The maximum absolute atomic E-state index is 5.09. The molecule has 0 aliphatic heterocycles. The topological polar surface area (TPSA) is 24.5 Å². The van der Waals surface area contributed by atoms with E-state index in [1.54, 1.807) is 7.11 Å². The Hall–Kier alpha value is -0.120. The molecule has 1 rings (SSSR count). The van der Waals surface area contributed by atoms with Gasteiger partial charge < -0.3 is 10.1 Å². The van der Waals surface area contributed by atoms with Crippen molar-refractivity contribution in [3.05, 3.63) is 0 Å². The minimum Gasteiger partial charge on any atom is -0.383 e. The Balaban J connectivity index is 2.06. The lowest BCUT2D eigenvalue weighted by molar-refractivity contribution is 0.144. The van der Waals surface area contributed by atoms with Crippen LogP contribution in [-0.4, -0.2) is 50.8 Å². The lowest BCUT2D eigenvalue weighted by atomic mass is 10.4. The number of hydrogen-bond donors (Lipinski definition) is 1. The summed E-state index contributed by atoms with van der Waals surface area (Å²) in [5.74, 6) is 0. The Morgan fingerprint density at radius 1 is 1.38 bits per heavy atom. The molecule has 1 aliphatic rings. The molecular formula is C10H22N2O.